The highest BCUT2D eigenvalue weighted by molar-refractivity contribution is 5.49. The molecule has 20 heavy (non-hydrogen) atoms. The maximum Gasteiger partial charge on any atom is 0.134 e. The molecule has 0 amide bonds. The largest absolute Gasteiger partial charge is 0.370 e. The second-order valence-electron chi connectivity index (χ2n) is 5.58. The highest BCUT2D eigenvalue weighted by Crippen LogP contribution is 2.21. The van der Waals surface area contributed by atoms with Crippen molar-refractivity contribution < 1.29 is 0 Å². The molecule has 112 valence electrons. The maximum absolute atomic E-state index is 4.69. The van der Waals surface area contributed by atoms with Gasteiger partial charge in [0.1, 0.15) is 17.5 Å². The van der Waals surface area contributed by atoms with E-state index >= 15 is 0 Å². The molecule has 1 fully saturated rings. The summed E-state index contributed by atoms with van der Waals surface area (Å²) in [5.41, 5.74) is 0. The van der Waals surface area contributed by atoms with Gasteiger partial charge in [0.25, 0.3) is 0 Å². The second kappa shape index (κ2) is 6.88. The van der Waals surface area contributed by atoms with Crippen LogP contribution in [0.2, 0.25) is 0 Å². The number of nitrogens with zero attached hydrogens (tertiary/aromatic N) is 4. The number of aromatic nitrogens is 2. The topological polar surface area (TPSA) is 44.3 Å². The molecular weight excluding hydrogens is 250 g/mol. The molecule has 1 saturated heterocycles. The van der Waals surface area contributed by atoms with Crippen LogP contribution in [0.25, 0.3) is 0 Å². The number of hydrogen-bond donors (Lipinski definition) is 1. The lowest BCUT2D eigenvalue weighted by atomic mass is 10.1. The van der Waals surface area contributed by atoms with E-state index < -0.39 is 0 Å². The molecule has 0 radical (unpaired) electrons. The van der Waals surface area contributed by atoms with Crippen molar-refractivity contribution in [1.29, 1.82) is 0 Å². The van der Waals surface area contributed by atoms with E-state index in [-0.39, 0.29) is 0 Å². The molecule has 2 heterocycles. The van der Waals surface area contributed by atoms with E-state index in [4.69, 9.17) is 4.98 Å². The molecular formula is C15H27N5. The minimum atomic E-state index is 0.544. The summed E-state index contributed by atoms with van der Waals surface area (Å²) in [7, 11) is 4.35. The maximum atomic E-state index is 4.69. The molecule has 0 aliphatic carbocycles. The molecule has 5 heteroatoms. The van der Waals surface area contributed by atoms with Crippen molar-refractivity contribution in [3.05, 3.63) is 11.9 Å². The number of piperidine rings is 1. The fraction of sp³-hybridized carbons (Fsp3) is 0.733. The van der Waals surface area contributed by atoms with E-state index in [1.54, 1.807) is 0 Å². The third-order valence-corrected chi connectivity index (χ3v) is 3.94. The summed E-state index contributed by atoms with van der Waals surface area (Å²) in [6.07, 6.45) is 3.37. The fourth-order valence-electron chi connectivity index (χ4n) is 2.74. The van der Waals surface area contributed by atoms with Crippen molar-refractivity contribution in [2.75, 3.05) is 43.9 Å². The first-order valence-corrected chi connectivity index (χ1v) is 7.67. The molecule has 5 nitrogen and oxygen atoms in total. The predicted molar refractivity (Wildman–Crippen MR) is 84.5 cm³/mol. The highest BCUT2D eigenvalue weighted by Gasteiger charge is 2.22. The first-order chi connectivity index (χ1) is 9.63. The minimum Gasteiger partial charge on any atom is -0.370 e. The standard InChI is InChI=1S/C15H27N5/c1-5-13-17-14(16-6-2)10-15(18-13)20(4)12-8-7-9-19(3)11-12/h10,12H,5-9,11H2,1-4H3,(H,16,17,18). The Morgan fingerprint density at radius 3 is 2.85 bits per heavy atom. The van der Waals surface area contributed by atoms with Gasteiger partial charge in [-0.05, 0) is 33.4 Å². The summed E-state index contributed by atoms with van der Waals surface area (Å²) in [5, 5.41) is 3.30. The van der Waals surface area contributed by atoms with Gasteiger partial charge >= 0.3 is 0 Å². The van der Waals surface area contributed by atoms with Gasteiger partial charge in [0, 0.05) is 38.7 Å². The van der Waals surface area contributed by atoms with Crippen molar-refractivity contribution >= 4 is 11.6 Å². The van der Waals surface area contributed by atoms with Crippen LogP contribution >= 0.6 is 0 Å². The first kappa shape index (κ1) is 15.0. The number of anilines is 2. The Morgan fingerprint density at radius 2 is 2.20 bits per heavy atom. The van der Waals surface area contributed by atoms with E-state index in [0.29, 0.717) is 6.04 Å². The number of hydrogen-bond acceptors (Lipinski definition) is 5. The Labute approximate surface area is 122 Å². The summed E-state index contributed by atoms with van der Waals surface area (Å²) >= 11 is 0. The smallest absolute Gasteiger partial charge is 0.134 e. The number of likely N-dealkylation sites (N-methyl/N-ethyl adjacent to an activating group) is 2. The van der Waals surface area contributed by atoms with Crippen molar-refractivity contribution in [3.63, 3.8) is 0 Å². The second-order valence-corrected chi connectivity index (χ2v) is 5.58. The van der Waals surface area contributed by atoms with Gasteiger partial charge in [-0.3, -0.25) is 0 Å². The van der Waals surface area contributed by atoms with Crippen LogP contribution in [0.5, 0.6) is 0 Å². The SMILES string of the molecule is CCNc1cc(N(C)C2CCCN(C)C2)nc(CC)n1. The molecule has 1 atom stereocenters. The number of nitrogens with one attached hydrogen (secondary N) is 1. The Bertz CT molecular complexity index is 434. The summed E-state index contributed by atoms with van der Waals surface area (Å²) < 4.78 is 0. The Morgan fingerprint density at radius 1 is 1.40 bits per heavy atom. The van der Waals surface area contributed by atoms with Crippen molar-refractivity contribution in [1.82, 2.24) is 14.9 Å². The van der Waals surface area contributed by atoms with Crippen LogP contribution in [0, 0.1) is 0 Å². The van der Waals surface area contributed by atoms with Crippen molar-refractivity contribution in [2.24, 2.45) is 0 Å². The number of aryl methyl sites for hydroxylation is 1. The molecule has 2 rings (SSSR count). The lowest BCUT2D eigenvalue weighted by Gasteiger charge is -2.36. The van der Waals surface area contributed by atoms with Gasteiger partial charge in [-0.2, -0.15) is 0 Å². The third-order valence-electron chi connectivity index (χ3n) is 3.94. The Hall–Kier alpha value is -1.36. The monoisotopic (exact) mass is 277 g/mol. The van der Waals surface area contributed by atoms with E-state index in [0.717, 1.165) is 37.0 Å². The van der Waals surface area contributed by atoms with Gasteiger partial charge in [-0.25, -0.2) is 9.97 Å². The molecule has 1 aromatic rings. The van der Waals surface area contributed by atoms with E-state index in [1.165, 1.54) is 19.4 Å². The molecule has 0 saturated carbocycles. The minimum absolute atomic E-state index is 0.544. The number of rotatable bonds is 5. The molecule has 1 aromatic heterocycles. The lowest BCUT2D eigenvalue weighted by Crippen LogP contribution is -2.45. The summed E-state index contributed by atoms with van der Waals surface area (Å²) in [6, 6.07) is 2.61. The molecule has 0 spiro atoms. The molecule has 0 bridgehead atoms. The van der Waals surface area contributed by atoms with Gasteiger partial charge in [0.2, 0.25) is 0 Å². The average molecular weight is 277 g/mol. The van der Waals surface area contributed by atoms with Gasteiger partial charge < -0.3 is 15.1 Å². The van der Waals surface area contributed by atoms with Gasteiger partial charge in [-0.15, -0.1) is 0 Å². The van der Waals surface area contributed by atoms with Crippen LogP contribution in [0.1, 0.15) is 32.5 Å². The van der Waals surface area contributed by atoms with Crippen molar-refractivity contribution in [3.8, 4) is 0 Å². The van der Waals surface area contributed by atoms with E-state index in [9.17, 15) is 0 Å². The molecule has 1 aliphatic rings. The van der Waals surface area contributed by atoms with Gasteiger partial charge in [-0.1, -0.05) is 6.92 Å². The molecule has 0 aromatic carbocycles. The van der Waals surface area contributed by atoms with Gasteiger partial charge in [0.15, 0.2) is 0 Å². The van der Waals surface area contributed by atoms with Crippen LogP contribution in [0.4, 0.5) is 11.6 Å². The number of likely N-dealkylation sites (tertiary alicyclic amines) is 1. The van der Waals surface area contributed by atoms with Crippen LogP contribution in [-0.4, -0.2) is 54.6 Å². The zero-order chi connectivity index (χ0) is 14.5. The lowest BCUT2D eigenvalue weighted by molar-refractivity contribution is 0.247. The highest BCUT2D eigenvalue weighted by atomic mass is 15.2. The summed E-state index contributed by atoms with van der Waals surface area (Å²) in [6.45, 7) is 7.39. The van der Waals surface area contributed by atoms with Crippen molar-refractivity contribution in [2.45, 2.75) is 39.2 Å². The average Bonchev–Trinajstić information content (AvgIpc) is 2.46. The molecule has 1 N–H and O–H groups in total. The third kappa shape index (κ3) is 3.60. The zero-order valence-electron chi connectivity index (χ0n) is 13.2. The van der Waals surface area contributed by atoms with Crippen LogP contribution < -0.4 is 10.2 Å². The van der Waals surface area contributed by atoms with Crippen LogP contribution in [-0.2, 0) is 6.42 Å². The van der Waals surface area contributed by atoms with E-state index in [1.807, 2.05) is 0 Å². The summed E-state index contributed by atoms with van der Waals surface area (Å²) in [5.74, 6) is 2.88. The van der Waals surface area contributed by atoms with Crippen LogP contribution in [0.3, 0.4) is 0 Å². The summed E-state index contributed by atoms with van der Waals surface area (Å²) in [4.78, 5) is 13.9. The fourth-order valence-corrected chi connectivity index (χ4v) is 2.74. The Balaban J connectivity index is 2.19. The zero-order valence-corrected chi connectivity index (χ0v) is 13.2. The first-order valence-electron chi connectivity index (χ1n) is 7.67. The predicted octanol–water partition coefficient (Wildman–Crippen LogP) is 2.00. The molecule has 1 unspecified atom stereocenters. The van der Waals surface area contributed by atoms with Gasteiger partial charge in [0.05, 0.1) is 0 Å². The normalized spacial score (nSPS) is 19.9. The quantitative estimate of drug-likeness (QED) is 0.892. The molecule has 1 aliphatic heterocycles. The van der Waals surface area contributed by atoms with E-state index in [2.05, 4.69) is 54.1 Å². The Kier molecular flexibility index (Phi) is 5.17. The van der Waals surface area contributed by atoms with Crippen LogP contribution in [0.15, 0.2) is 6.07 Å².